The van der Waals surface area contributed by atoms with E-state index in [1.807, 2.05) is 36.4 Å². The van der Waals surface area contributed by atoms with Crippen molar-refractivity contribution in [2.45, 2.75) is 19.9 Å². The Morgan fingerprint density at radius 3 is 2.40 bits per heavy atom. The molecule has 1 fully saturated rings. The molecule has 4 rings (SSSR count). The van der Waals surface area contributed by atoms with Crippen molar-refractivity contribution in [1.82, 2.24) is 15.1 Å². The largest absolute Gasteiger partial charge is 0.369 e. The number of carbonyl (C=O) groups is 1. The highest BCUT2D eigenvalue weighted by atomic mass is 32.1. The molecule has 1 N–H and O–H groups in total. The normalized spacial score (nSPS) is 14.7. The Morgan fingerprint density at radius 1 is 1.03 bits per heavy atom. The van der Waals surface area contributed by atoms with Crippen LogP contribution in [-0.2, 0) is 13.0 Å². The third kappa shape index (κ3) is 5.01. The summed E-state index contributed by atoms with van der Waals surface area (Å²) in [5.74, 6) is -0.449. The smallest absolute Gasteiger partial charge is 0.286 e. The number of hydrogen-bond donors (Lipinski definition) is 1. The highest BCUT2D eigenvalue weighted by Crippen LogP contribution is 2.19. The van der Waals surface area contributed by atoms with Gasteiger partial charge in [0.1, 0.15) is 10.8 Å². The van der Waals surface area contributed by atoms with Gasteiger partial charge in [0, 0.05) is 37.6 Å². The minimum absolute atomic E-state index is 0.216. The van der Waals surface area contributed by atoms with Crippen molar-refractivity contribution in [3.8, 4) is 0 Å². The van der Waals surface area contributed by atoms with Crippen LogP contribution in [-0.4, -0.2) is 47.2 Å². The second-order valence-electron chi connectivity index (χ2n) is 7.25. The first-order valence-corrected chi connectivity index (χ1v) is 10.9. The monoisotopic (exact) mass is 425 g/mol. The van der Waals surface area contributed by atoms with E-state index in [0.717, 1.165) is 49.0 Å². The summed E-state index contributed by atoms with van der Waals surface area (Å²) in [6.45, 7) is 6.26. The fourth-order valence-corrected chi connectivity index (χ4v) is 4.20. The molecular formula is C22H24FN5OS. The predicted molar refractivity (Wildman–Crippen MR) is 118 cm³/mol. The molecule has 1 saturated heterocycles. The molecule has 8 heteroatoms. The summed E-state index contributed by atoms with van der Waals surface area (Å²) in [4.78, 5) is 17.0. The maximum Gasteiger partial charge on any atom is 0.286 e. The number of rotatable bonds is 6. The zero-order valence-electron chi connectivity index (χ0n) is 16.8. The van der Waals surface area contributed by atoms with Gasteiger partial charge in [0.2, 0.25) is 5.01 Å². The van der Waals surface area contributed by atoms with Crippen LogP contribution in [0.4, 0.5) is 15.8 Å². The third-order valence-corrected chi connectivity index (χ3v) is 6.11. The third-order valence-electron chi connectivity index (χ3n) is 5.20. The maximum absolute atomic E-state index is 13.1. The molecule has 1 aromatic heterocycles. The molecule has 0 bridgehead atoms. The molecule has 0 saturated carbocycles. The SMILES string of the molecule is CCc1ccc(NC(=O)c2nnc(CN3CCN(c4ccc(F)cc4)CC3)s2)cc1. The van der Waals surface area contributed by atoms with Gasteiger partial charge in [0.05, 0.1) is 6.54 Å². The van der Waals surface area contributed by atoms with E-state index in [9.17, 15) is 9.18 Å². The average molecular weight is 426 g/mol. The minimum Gasteiger partial charge on any atom is -0.369 e. The van der Waals surface area contributed by atoms with Crippen LogP contribution >= 0.6 is 11.3 Å². The second kappa shape index (κ2) is 9.32. The first-order chi connectivity index (χ1) is 14.6. The number of nitrogens with zero attached hydrogens (tertiary/aromatic N) is 4. The number of aryl methyl sites for hydroxylation is 1. The lowest BCUT2D eigenvalue weighted by atomic mass is 10.1. The number of nitrogens with one attached hydrogen (secondary N) is 1. The molecule has 0 radical (unpaired) electrons. The standard InChI is InChI=1S/C22H24FN5OS/c1-2-16-3-7-18(8-4-16)24-21(29)22-26-25-20(30-22)15-27-11-13-28(14-12-27)19-9-5-17(23)6-10-19/h3-10H,2,11-15H2,1H3,(H,24,29). The van der Waals surface area contributed by atoms with Crippen molar-refractivity contribution in [2.75, 3.05) is 36.4 Å². The van der Waals surface area contributed by atoms with Crippen molar-refractivity contribution in [3.63, 3.8) is 0 Å². The van der Waals surface area contributed by atoms with E-state index in [4.69, 9.17) is 0 Å². The minimum atomic E-state index is -0.232. The molecular weight excluding hydrogens is 401 g/mol. The average Bonchev–Trinajstić information content (AvgIpc) is 3.24. The molecule has 3 aromatic rings. The maximum atomic E-state index is 13.1. The van der Waals surface area contributed by atoms with Crippen LogP contribution in [0.1, 0.15) is 27.3 Å². The summed E-state index contributed by atoms with van der Waals surface area (Å²) in [7, 11) is 0. The number of aromatic nitrogens is 2. The van der Waals surface area contributed by atoms with E-state index in [-0.39, 0.29) is 11.7 Å². The number of piperazine rings is 1. The Hall–Kier alpha value is -2.84. The number of amides is 1. The summed E-state index contributed by atoms with van der Waals surface area (Å²) < 4.78 is 13.1. The van der Waals surface area contributed by atoms with Crippen LogP contribution in [0.25, 0.3) is 0 Å². The van der Waals surface area contributed by atoms with Gasteiger partial charge in [-0.05, 0) is 48.4 Å². The molecule has 0 aliphatic carbocycles. The highest BCUT2D eigenvalue weighted by molar-refractivity contribution is 7.13. The molecule has 1 aliphatic rings. The van der Waals surface area contributed by atoms with Gasteiger partial charge in [-0.15, -0.1) is 10.2 Å². The summed E-state index contributed by atoms with van der Waals surface area (Å²) in [6.07, 6.45) is 0.964. The van der Waals surface area contributed by atoms with Gasteiger partial charge in [-0.1, -0.05) is 30.4 Å². The summed E-state index contributed by atoms with van der Waals surface area (Å²) in [6, 6.07) is 14.4. The fourth-order valence-electron chi connectivity index (χ4n) is 3.42. The van der Waals surface area contributed by atoms with E-state index >= 15 is 0 Å². The lowest BCUT2D eigenvalue weighted by molar-refractivity contribution is 0.102. The molecule has 0 unspecified atom stereocenters. The Balaban J connectivity index is 1.29. The van der Waals surface area contributed by atoms with E-state index in [1.165, 1.54) is 29.0 Å². The van der Waals surface area contributed by atoms with Gasteiger partial charge in [0.15, 0.2) is 0 Å². The summed E-state index contributed by atoms with van der Waals surface area (Å²) >= 11 is 1.33. The molecule has 1 amide bonds. The first-order valence-electron chi connectivity index (χ1n) is 10.1. The quantitative estimate of drug-likeness (QED) is 0.651. The lowest BCUT2D eigenvalue weighted by Gasteiger charge is -2.35. The zero-order chi connectivity index (χ0) is 20.9. The number of halogens is 1. The lowest BCUT2D eigenvalue weighted by Crippen LogP contribution is -2.45. The van der Waals surface area contributed by atoms with Gasteiger partial charge >= 0.3 is 0 Å². The van der Waals surface area contributed by atoms with Crippen LogP contribution in [0.5, 0.6) is 0 Å². The molecule has 2 aromatic carbocycles. The van der Waals surface area contributed by atoms with Crippen molar-refractivity contribution < 1.29 is 9.18 Å². The van der Waals surface area contributed by atoms with E-state index < -0.39 is 0 Å². The Bertz CT molecular complexity index is 982. The van der Waals surface area contributed by atoms with Gasteiger partial charge < -0.3 is 10.2 Å². The van der Waals surface area contributed by atoms with Crippen molar-refractivity contribution in [2.24, 2.45) is 0 Å². The Morgan fingerprint density at radius 2 is 1.73 bits per heavy atom. The molecule has 2 heterocycles. The van der Waals surface area contributed by atoms with Crippen LogP contribution in [0.3, 0.4) is 0 Å². The summed E-state index contributed by atoms with van der Waals surface area (Å²) in [5.41, 5.74) is 3.02. The topological polar surface area (TPSA) is 61.4 Å². The van der Waals surface area contributed by atoms with Gasteiger partial charge in [-0.2, -0.15) is 0 Å². The van der Waals surface area contributed by atoms with Gasteiger partial charge in [-0.25, -0.2) is 4.39 Å². The summed E-state index contributed by atoms with van der Waals surface area (Å²) in [5, 5.41) is 12.3. The van der Waals surface area contributed by atoms with Crippen molar-refractivity contribution in [3.05, 3.63) is 69.9 Å². The number of carbonyl (C=O) groups excluding carboxylic acids is 1. The molecule has 30 heavy (non-hydrogen) atoms. The van der Waals surface area contributed by atoms with Crippen molar-refractivity contribution >= 4 is 28.6 Å². The highest BCUT2D eigenvalue weighted by Gasteiger charge is 2.20. The molecule has 0 spiro atoms. The first kappa shape index (κ1) is 20.4. The predicted octanol–water partition coefficient (Wildman–Crippen LogP) is 3.81. The molecule has 156 valence electrons. The Kier molecular flexibility index (Phi) is 6.35. The van der Waals surface area contributed by atoms with Gasteiger partial charge in [0.25, 0.3) is 5.91 Å². The van der Waals surface area contributed by atoms with E-state index in [1.54, 1.807) is 0 Å². The van der Waals surface area contributed by atoms with Gasteiger partial charge in [-0.3, -0.25) is 9.69 Å². The van der Waals surface area contributed by atoms with Crippen LogP contribution in [0.15, 0.2) is 48.5 Å². The Labute approximate surface area is 179 Å². The van der Waals surface area contributed by atoms with Crippen LogP contribution in [0.2, 0.25) is 0 Å². The zero-order valence-corrected chi connectivity index (χ0v) is 17.7. The second-order valence-corrected chi connectivity index (χ2v) is 8.31. The molecule has 1 aliphatic heterocycles. The van der Waals surface area contributed by atoms with E-state index in [0.29, 0.717) is 11.6 Å². The number of hydrogen-bond acceptors (Lipinski definition) is 6. The number of benzene rings is 2. The van der Waals surface area contributed by atoms with Crippen LogP contribution in [0, 0.1) is 5.82 Å². The van der Waals surface area contributed by atoms with Crippen LogP contribution < -0.4 is 10.2 Å². The fraction of sp³-hybridized carbons (Fsp3) is 0.318. The van der Waals surface area contributed by atoms with Crippen molar-refractivity contribution in [1.29, 1.82) is 0 Å². The molecule has 0 atom stereocenters. The molecule has 6 nitrogen and oxygen atoms in total. The van der Waals surface area contributed by atoms with E-state index in [2.05, 4.69) is 32.2 Å². The number of anilines is 2.